The topological polar surface area (TPSA) is 9.23 Å². The van der Waals surface area contributed by atoms with E-state index in [0.717, 1.165) is 6.61 Å². The van der Waals surface area contributed by atoms with Crippen molar-refractivity contribution in [1.29, 1.82) is 0 Å². The van der Waals surface area contributed by atoms with E-state index in [4.69, 9.17) is 4.74 Å². The molecule has 0 spiro atoms. The molecule has 3 rings (SSSR count). The summed E-state index contributed by atoms with van der Waals surface area (Å²) in [5.41, 5.74) is 0. The third-order valence-corrected chi connectivity index (χ3v) is 3.25. The molecule has 0 aromatic carbocycles. The number of hydrogen-bond acceptors (Lipinski definition) is 1. The van der Waals surface area contributed by atoms with Crippen molar-refractivity contribution in [2.24, 2.45) is 11.8 Å². The van der Waals surface area contributed by atoms with Crippen LogP contribution in [0.5, 0.6) is 0 Å². The van der Waals surface area contributed by atoms with Crippen LogP contribution in [-0.4, -0.2) is 6.61 Å². The van der Waals surface area contributed by atoms with E-state index in [-0.39, 0.29) is 0 Å². The van der Waals surface area contributed by atoms with Gasteiger partial charge in [0.25, 0.3) is 0 Å². The van der Waals surface area contributed by atoms with E-state index in [2.05, 4.69) is 0 Å². The summed E-state index contributed by atoms with van der Waals surface area (Å²) in [6.07, 6.45) is 15.3. The van der Waals surface area contributed by atoms with Crippen LogP contribution in [0.15, 0.2) is 24.5 Å². The van der Waals surface area contributed by atoms with Gasteiger partial charge in [-0.3, -0.25) is 0 Å². The Labute approximate surface area is 80.5 Å². The van der Waals surface area contributed by atoms with Gasteiger partial charge in [-0.25, -0.2) is 0 Å². The van der Waals surface area contributed by atoms with Crippen LogP contribution in [0, 0.1) is 11.8 Å². The normalized spacial score (nSPS) is 33.8. The highest BCUT2D eigenvalue weighted by atomic mass is 16.5. The minimum Gasteiger partial charge on any atom is -0.497 e. The van der Waals surface area contributed by atoms with Crippen LogP contribution in [0.4, 0.5) is 0 Å². The quantitative estimate of drug-likeness (QED) is 0.553. The van der Waals surface area contributed by atoms with Crippen molar-refractivity contribution in [3.05, 3.63) is 24.5 Å². The Balaban J connectivity index is 0.000000102. The van der Waals surface area contributed by atoms with Crippen LogP contribution in [0.2, 0.25) is 0 Å². The monoisotopic (exact) mass is 178 g/mol. The number of ether oxygens (including phenoxy) is 1. The van der Waals surface area contributed by atoms with Gasteiger partial charge in [0.05, 0.1) is 6.26 Å². The van der Waals surface area contributed by atoms with Crippen molar-refractivity contribution in [3.63, 3.8) is 0 Å². The molecule has 0 atom stereocenters. The fourth-order valence-electron chi connectivity index (χ4n) is 2.52. The Hall–Kier alpha value is -0.720. The molecule has 2 fully saturated rings. The lowest BCUT2D eigenvalue weighted by Crippen LogP contribution is -1.90. The molecule has 13 heavy (non-hydrogen) atoms. The fourth-order valence-corrected chi connectivity index (χ4v) is 2.52. The van der Waals surface area contributed by atoms with E-state index in [0.29, 0.717) is 0 Å². The van der Waals surface area contributed by atoms with Gasteiger partial charge in [0, 0.05) is 0 Å². The van der Waals surface area contributed by atoms with E-state index in [1.165, 1.54) is 11.8 Å². The third-order valence-electron chi connectivity index (χ3n) is 3.25. The van der Waals surface area contributed by atoms with Crippen molar-refractivity contribution < 1.29 is 4.74 Å². The molecule has 2 aliphatic carbocycles. The Morgan fingerprint density at radius 1 is 0.923 bits per heavy atom. The van der Waals surface area contributed by atoms with E-state index in [1.54, 1.807) is 38.4 Å². The summed E-state index contributed by atoms with van der Waals surface area (Å²) in [5, 5.41) is 0. The molecule has 1 heteroatoms. The summed E-state index contributed by atoms with van der Waals surface area (Å²) in [4.78, 5) is 0. The van der Waals surface area contributed by atoms with Gasteiger partial charge in [0.1, 0.15) is 6.61 Å². The molecular weight excluding hydrogens is 160 g/mol. The number of hydrogen-bond donors (Lipinski definition) is 0. The van der Waals surface area contributed by atoms with Crippen LogP contribution in [-0.2, 0) is 4.74 Å². The minimum absolute atomic E-state index is 0.733. The molecule has 72 valence electrons. The smallest absolute Gasteiger partial charge is 0.106 e. The fraction of sp³-hybridized carbons (Fsp3) is 0.667. The summed E-state index contributed by atoms with van der Waals surface area (Å²) in [6, 6.07) is 0. The lowest BCUT2D eigenvalue weighted by Gasteiger charge is -2.05. The summed E-state index contributed by atoms with van der Waals surface area (Å²) < 4.78 is 4.80. The van der Waals surface area contributed by atoms with Crippen LogP contribution in [0.25, 0.3) is 0 Å². The van der Waals surface area contributed by atoms with Gasteiger partial charge >= 0.3 is 0 Å². The van der Waals surface area contributed by atoms with Crippen molar-refractivity contribution in [1.82, 2.24) is 0 Å². The summed E-state index contributed by atoms with van der Waals surface area (Å²) >= 11 is 0. The summed E-state index contributed by atoms with van der Waals surface area (Å²) in [6.45, 7) is 0.733. The Morgan fingerprint density at radius 2 is 1.62 bits per heavy atom. The Kier molecular flexibility index (Phi) is 3.07. The average molecular weight is 178 g/mol. The molecule has 0 N–H and O–H groups in total. The van der Waals surface area contributed by atoms with Gasteiger partial charge in [-0.05, 0) is 30.4 Å². The molecule has 2 saturated carbocycles. The largest absolute Gasteiger partial charge is 0.497 e. The molecule has 3 aliphatic rings. The van der Waals surface area contributed by atoms with Crippen LogP contribution < -0.4 is 0 Å². The number of fused-ring (bicyclic) bond motifs is 2. The van der Waals surface area contributed by atoms with E-state index >= 15 is 0 Å². The lowest BCUT2D eigenvalue weighted by atomic mass is 10.0. The maximum atomic E-state index is 4.80. The van der Waals surface area contributed by atoms with E-state index < -0.39 is 0 Å². The number of rotatable bonds is 0. The maximum Gasteiger partial charge on any atom is 0.106 e. The molecule has 0 unspecified atom stereocenters. The predicted molar refractivity (Wildman–Crippen MR) is 54.3 cm³/mol. The Bertz CT molecular complexity index is 175. The molecule has 0 amide bonds. The highest BCUT2D eigenvalue weighted by molar-refractivity contribution is 5.02. The van der Waals surface area contributed by atoms with Gasteiger partial charge in [-0.2, -0.15) is 0 Å². The first-order chi connectivity index (χ1) is 6.45. The second-order valence-corrected chi connectivity index (χ2v) is 4.21. The average Bonchev–Trinajstić information content (AvgIpc) is 2.85. The minimum atomic E-state index is 0.733. The standard InChI is InChI=1S/C7H12.C5H6O/c1-2-7-4-3-6(1)5-7;1-2-4-6-5-3-1/h6-7H,1-5H2;1-4H,5H2. The van der Waals surface area contributed by atoms with Gasteiger partial charge in [-0.1, -0.05) is 31.8 Å². The first-order valence-corrected chi connectivity index (χ1v) is 5.38. The molecule has 1 aliphatic heterocycles. The third kappa shape index (κ3) is 2.61. The SMILES string of the molecule is C1=CCOC=C1.C1CC2CCC1C2. The zero-order valence-corrected chi connectivity index (χ0v) is 8.11. The van der Waals surface area contributed by atoms with Gasteiger partial charge in [0.15, 0.2) is 0 Å². The molecule has 2 bridgehead atoms. The zero-order chi connectivity index (χ0) is 8.93. The van der Waals surface area contributed by atoms with Gasteiger partial charge < -0.3 is 4.74 Å². The second-order valence-electron chi connectivity index (χ2n) is 4.21. The molecule has 1 heterocycles. The van der Waals surface area contributed by atoms with Crippen molar-refractivity contribution >= 4 is 0 Å². The maximum absolute atomic E-state index is 4.80. The number of allylic oxidation sites excluding steroid dienone is 2. The first-order valence-electron chi connectivity index (χ1n) is 5.38. The molecule has 1 nitrogen and oxygen atoms in total. The highest BCUT2D eigenvalue weighted by Gasteiger charge is 2.30. The summed E-state index contributed by atoms with van der Waals surface area (Å²) in [7, 11) is 0. The van der Waals surface area contributed by atoms with Crippen LogP contribution in [0.1, 0.15) is 32.1 Å². The van der Waals surface area contributed by atoms with E-state index in [9.17, 15) is 0 Å². The van der Waals surface area contributed by atoms with Crippen LogP contribution in [0.3, 0.4) is 0 Å². The van der Waals surface area contributed by atoms with Gasteiger partial charge in [0.2, 0.25) is 0 Å². The van der Waals surface area contributed by atoms with Crippen molar-refractivity contribution in [2.75, 3.05) is 6.61 Å². The molecule has 0 aromatic rings. The molecule has 0 radical (unpaired) electrons. The predicted octanol–water partition coefficient (Wildman–Crippen LogP) is 3.28. The Morgan fingerprint density at radius 3 is 1.77 bits per heavy atom. The van der Waals surface area contributed by atoms with Crippen molar-refractivity contribution in [2.45, 2.75) is 32.1 Å². The second kappa shape index (κ2) is 4.50. The molecule has 0 aromatic heterocycles. The first kappa shape index (κ1) is 8.86. The van der Waals surface area contributed by atoms with Gasteiger partial charge in [-0.15, -0.1) is 0 Å². The molecular formula is C12H18O. The molecule has 0 saturated heterocycles. The van der Waals surface area contributed by atoms with Crippen molar-refractivity contribution in [3.8, 4) is 0 Å². The summed E-state index contributed by atoms with van der Waals surface area (Å²) in [5.74, 6) is 2.34. The highest BCUT2D eigenvalue weighted by Crippen LogP contribution is 2.43. The lowest BCUT2D eigenvalue weighted by molar-refractivity contribution is 0.286. The van der Waals surface area contributed by atoms with E-state index in [1.807, 2.05) is 18.2 Å². The van der Waals surface area contributed by atoms with Crippen LogP contribution >= 0.6 is 0 Å². The zero-order valence-electron chi connectivity index (χ0n) is 8.11.